The second kappa shape index (κ2) is 5.80. The van der Waals surface area contributed by atoms with E-state index in [0.717, 1.165) is 37.0 Å². The summed E-state index contributed by atoms with van der Waals surface area (Å²) < 4.78 is 1.60. The first kappa shape index (κ1) is 14.0. The van der Waals surface area contributed by atoms with Crippen LogP contribution in [-0.4, -0.2) is 56.7 Å². The van der Waals surface area contributed by atoms with Gasteiger partial charge in [-0.05, 0) is 13.8 Å². The van der Waals surface area contributed by atoms with Crippen molar-refractivity contribution in [1.29, 1.82) is 0 Å². The van der Waals surface area contributed by atoms with Crippen LogP contribution >= 0.6 is 11.3 Å². The van der Waals surface area contributed by atoms with Gasteiger partial charge in [-0.15, -0.1) is 11.3 Å². The lowest BCUT2D eigenvalue weighted by atomic mass is 10.2. The van der Waals surface area contributed by atoms with E-state index in [1.807, 2.05) is 18.7 Å². The Morgan fingerprint density at radius 2 is 2.10 bits per heavy atom. The van der Waals surface area contributed by atoms with Gasteiger partial charge in [0, 0.05) is 31.6 Å². The van der Waals surface area contributed by atoms with Crippen LogP contribution < -0.4 is 4.90 Å². The molecule has 1 amide bonds. The maximum Gasteiger partial charge on any atom is 0.247 e. The quantitative estimate of drug-likeness (QED) is 0.845. The van der Waals surface area contributed by atoms with Crippen LogP contribution in [0.15, 0.2) is 18.0 Å². The molecular weight excluding hydrogens is 288 g/mol. The highest BCUT2D eigenvalue weighted by molar-refractivity contribution is 7.13. The molecule has 1 saturated heterocycles. The molecular formula is C13H18N6OS. The minimum atomic E-state index is -0.304. The molecule has 0 aromatic carbocycles. The summed E-state index contributed by atoms with van der Waals surface area (Å²) in [6, 6.07) is -0.304. The van der Waals surface area contributed by atoms with E-state index in [2.05, 4.69) is 25.3 Å². The lowest BCUT2D eigenvalue weighted by Crippen LogP contribution is -2.50. The summed E-state index contributed by atoms with van der Waals surface area (Å²) >= 11 is 1.66. The molecule has 112 valence electrons. The number of anilines is 1. The van der Waals surface area contributed by atoms with E-state index >= 15 is 0 Å². The van der Waals surface area contributed by atoms with Crippen LogP contribution in [0.1, 0.15) is 18.7 Å². The van der Waals surface area contributed by atoms with Crippen molar-refractivity contribution < 1.29 is 4.79 Å². The number of amides is 1. The van der Waals surface area contributed by atoms with Crippen LogP contribution in [0.4, 0.5) is 5.13 Å². The predicted molar refractivity (Wildman–Crippen MR) is 80.4 cm³/mol. The first-order valence-electron chi connectivity index (χ1n) is 6.95. The fraction of sp³-hybridized carbons (Fsp3) is 0.538. The first-order valence-corrected chi connectivity index (χ1v) is 7.83. The zero-order valence-electron chi connectivity index (χ0n) is 12.1. The Morgan fingerprint density at radius 1 is 1.33 bits per heavy atom. The van der Waals surface area contributed by atoms with Crippen LogP contribution in [0.2, 0.25) is 0 Å². The number of hydrogen-bond acceptors (Lipinski definition) is 6. The minimum Gasteiger partial charge on any atom is -0.345 e. The highest BCUT2D eigenvalue weighted by atomic mass is 32.1. The normalized spacial score (nSPS) is 17.0. The Morgan fingerprint density at radius 3 is 2.67 bits per heavy atom. The van der Waals surface area contributed by atoms with Gasteiger partial charge in [-0.25, -0.2) is 14.6 Å². The molecule has 3 heterocycles. The van der Waals surface area contributed by atoms with Gasteiger partial charge in [-0.2, -0.15) is 5.10 Å². The summed E-state index contributed by atoms with van der Waals surface area (Å²) in [6.07, 6.45) is 3.03. The summed E-state index contributed by atoms with van der Waals surface area (Å²) in [6.45, 7) is 6.94. The summed E-state index contributed by atoms with van der Waals surface area (Å²) in [5.41, 5.74) is 1.05. The van der Waals surface area contributed by atoms with Crippen molar-refractivity contribution in [3.05, 3.63) is 23.7 Å². The second-order valence-corrected chi connectivity index (χ2v) is 5.97. The van der Waals surface area contributed by atoms with Gasteiger partial charge in [0.15, 0.2) is 5.13 Å². The highest BCUT2D eigenvalue weighted by Gasteiger charge is 2.26. The number of hydrogen-bond donors (Lipinski definition) is 0. The van der Waals surface area contributed by atoms with Gasteiger partial charge in [0.2, 0.25) is 5.91 Å². The van der Waals surface area contributed by atoms with Gasteiger partial charge < -0.3 is 9.80 Å². The highest BCUT2D eigenvalue weighted by Crippen LogP contribution is 2.22. The third kappa shape index (κ3) is 2.90. The average Bonchev–Trinajstić information content (AvgIpc) is 3.17. The molecule has 8 heteroatoms. The van der Waals surface area contributed by atoms with Crippen LogP contribution in [0.5, 0.6) is 0 Å². The molecule has 7 nitrogen and oxygen atoms in total. The summed E-state index contributed by atoms with van der Waals surface area (Å²) in [7, 11) is 0. The van der Waals surface area contributed by atoms with Gasteiger partial charge in [0.1, 0.15) is 18.7 Å². The van der Waals surface area contributed by atoms with E-state index in [1.165, 1.54) is 6.33 Å². The van der Waals surface area contributed by atoms with Gasteiger partial charge in [-0.3, -0.25) is 4.79 Å². The molecule has 0 spiro atoms. The van der Waals surface area contributed by atoms with Crippen molar-refractivity contribution in [3.63, 3.8) is 0 Å². The lowest BCUT2D eigenvalue weighted by molar-refractivity contribution is -0.134. The minimum absolute atomic E-state index is 0.0930. The Labute approximate surface area is 127 Å². The van der Waals surface area contributed by atoms with Crippen molar-refractivity contribution in [3.8, 4) is 0 Å². The number of rotatable bonds is 3. The molecule has 21 heavy (non-hydrogen) atoms. The largest absolute Gasteiger partial charge is 0.345 e. The predicted octanol–water partition coefficient (Wildman–Crippen LogP) is 0.953. The molecule has 2 aromatic heterocycles. The SMILES string of the molecule is Cc1csc(N2CCN(C(=O)[C@H](C)n3cncn3)CC2)n1. The number of aryl methyl sites for hydroxylation is 1. The average molecular weight is 306 g/mol. The van der Waals surface area contributed by atoms with Crippen LogP contribution in [0, 0.1) is 6.92 Å². The van der Waals surface area contributed by atoms with E-state index in [4.69, 9.17) is 0 Å². The van der Waals surface area contributed by atoms with Crippen molar-refractivity contribution in [2.75, 3.05) is 31.1 Å². The summed E-state index contributed by atoms with van der Waals surface area (Å²) in [5, 5.41) is 7.14. The zero-order valence-corrected chi connectivity index (χ0v) is 13.0. The molecule has 0 bridgehead atoms. The van der Waals surface area contributed by atoms with Gasteiger partial charge in [-0.1, -0.05) is 0 Å². The van der Waals surface area contributed by atoms with Crippen LogP contribution in [-0.2, 0) is 4.79 Å². The Kier molecular flexibility index (Phi) is 3.87. The van der Waals surface area contributed by atoms with E-state index in [1.54, 1.807) is 22.3 Å². The fourth-order valence-electron chi connectivity index (χ4n) is 2.40. The molecule has 1 atom stereocenters. The van der Waals surface area contributed by atoms with E-state index in [-0.39, 0.29) is 11.9 Å². The summed E-state index contributed by atoms with van der Waals surface area (Å²) in [5.74, 6) is 0.0930. The van der Waals surface area contributed by atoms with Gasteiger partial charge >= 0.3 is 0 Å². The number of aromatic nitrogens is 4. The molecule has 0 aliphatic carbocycles. The number of carbonyl (C=O) groups is 1. The van der Waals surface area contributed by atoms with Crippen molar-refractivity contribution in [2.24, 2.45) is 0 Å². The molecule has 0 unspecified atom stereocenters. The van der Waals surface area contributed by atoms with Gasteiger partial charge in [0.05, 0.1) is 5.69 Å². The third-order valence-corrected chi connectivity index (χ3v) is 4.68. The van der Waals surface area contributed by atoms with Crippen LogP contribution in [0.25, 0.3) is 0 Å². The van der Waals surface area contributed by atoms with Crippen molar-refractivity contribution in [1.82, 2.24) is 24.6 Å². The maximum absolute atomic E-state index is 12.4. The second-order valence-electron chi connectivity index (χ2n) is 5.14. The maximum atomic E-state index is 12.4. The Balaban J connectivity index is 1.59. The smallest absolute Gasteiger partial charge is 0.247 e. The van der Waals surface area contributed by atoms with Gasteiger partial charge in [0.25, 0.3) is 0 Å². The Hall–Kier alpha value is -1.96. The van der Waals surface area contributed by atoms with Crippen molar-refractivity contribution in [2.45, 2.75) is 19.9 Å². The molecule has 1 aliphatic heterocycles. The molecule has 1 fully saturated rings. The van der Waals surface area contributed by atoms with Crippen molar-refractivity contribution >= 4 is 22.4 Å². The fourth-order valence-corrected chi connectivity index (χ4v) is 3.26. The number of carbonyl (C=O) groups excluding carboxylic acids is 1. The molecule has 3 rings (SSSR count). The lowest BCUT2D eigenvalue weighted by Gasteiger charge is -2.35. The topological polar surface area (TPSA) is 67.2 Å². The molecule has 0 saturated carbocycles. The first-order chi connectivity index (χ1) is 10.1. The Bertz CT molecular complexity index is 602. The van der Waals surface area contributed by atoms with Crippen LogP contribution in [0.3, 0.4) is 0 Å². The molecule has 0 N–H and O–H groups in total. The van der Waals surface area contributed by atoms with E-state index in [0.29, 0.717) is 0 Å². The number of nitrogens with zero attached hydrogens (tertiary/aromatic N) is 6. The zero-order chi connectivity index (χ0) is 14.8. The van der Waals surface area contributed by atoms with E-state index in [9.17, 15) is 4.79 Å². The molecule has 0 radical (unpaired) electrons. The molecule has 2 aromatic rings. The molecule has 1 aliphatic rings. The summed E-state index contributed by atoms with van der Waals surface area (Å²) in [4.78, 5) is 25.0. The standard InChI is InChI=1S/C13H18N6OS/c1-10-7-21-13(16-10)18-5-3-17(4-6-18)12(20)11(2)19-9-14-8-15-19/h7-9,11H,3-6H2,1-2H3/t11-/m0/s1. The number of piperazine rings is 1. The third-order valence-electron chi connectivity index (χ3n) is 3.66. The monoisotopic (exact) mass is 306 g/mol. The van der Waals surface area contributed by atoms with E-state index < -0.39 is 0 Å². The number of thiazole rings is 1.